The maximum absolute atomic E-state index is 12.7. The molecule has 2 aromatic heterocycles. The molecule has 3 heterocycles. The van der Waals surface area contributed by atoms with Gasteiger partial charge in [0.25, 0.3) is 0 Å². The number of aryl methyl sites for hydroxylation is 1. The van der Waals surface area contributed by atoms with E-state index in [4.69, 9.17) is 9.72 Å². The second kappa shape index (κ2) is 6.04. The average molecular weight is 353 g/mol. The fourth-order valence-electron chi connectivity index (χ4n) is 3.35. The number of imidazole rings is 1. The van der Waals surface area contributed by atoms with E-state index in [-0.39, 0.29) is 12.0 Å². The maximum Gasteiger partial charge on any atom is 0.338 e. The number of carbonyl (C=O) groups excluding carboxylic acids is 1. The van der Waals surface area contributed by atoms with Crippen LogP contribution in [-0.4, -0.2) is 22.1 Å². The van der Waals surface area contributed by atoms with Crippen molar-refractivity contribution in [3.8, 4) is 0 Å². The summed E-state index contributed by atoms with van der Waals surface area (Å²) in [5.41, 5.74) is 4.50. The van der Waals surface area contributed by atoms with E-state index in [0.717, 1.165) is 33.1 Å². The highest BCUT2D eigenvalue weighted by atomic mass is 32.1. The first-order valence-electron chi connectivity index (χ1n) is 8.27. The van der Waals surface area contributed by atoms with Gasteiger partial charge in [-0.25, -0.2) is 9.78 Å². The van der Waals surface area contributed by atoms with Crippen molar-refractivity contribution in [3.05, 3.63) is 57.4 Å². The number of thiophene rings is 1. The first kappa shape index (κ1) is 15.9. The highest BCUT2D eigenvalue weighted by molar-refractivity contribution is 7.10. The molecule has 5 nitrogen and oxygen atoms in total. The Morgan fingerprint density at radius 1 is 1.32 bits per heavy atom. The van der Waals surface area contributed by atoms with E-state index in [9.17, 15) is 4.79 Å². The fraction of sp³-hybridized carbons (Fsp3) is 0.263. The number of fused-ring (bicyclic) bond motifs is 3. The molecule has 6 heteroatoms. The largest absolute Gasteiger partial charge is 0.463 e. The molecule has 128 valence electrons. The molecule has 1 N–H and O–H groups in total. The van der Waals surface area contributed by atoms with Crippen molar-refractivity contribution in [1.82, 2.24) is 9.55 Å². The molecule has 0 saturated heterocycles. The third kappa shape index (κ3) is 2.44. The van der Waals surface area contributed by atoms with Crippen LogP contribution in [0.1, 0.15) is 30.3 Å². The van der Waals surface area contributed by atoms with E-state index in [0.29, 0.717) is 12.2 Å². The van der Waals surface area contributed by atoms with Gasteiger partial charge in [-0.3, -0.25) is 4.57 Å². The summed E-state index contributed by atoms with van der Waals surface area (Å²) >= 11 is 1.65. The normalized spacial score (nSPS) is 16.7. The predicted octanol–water partition coefficient (Wildman–Crippen LogP) is 4.26. The van der Waals surface area contributed by atoms with E-state index >= 15 is 0 Å². The zero-order chi connectivity index (χ0) is 17.6. The Morgan fingerprint density at radius 2 is 2.12 bits per heavy atom. The molecule has 1 aliphatic heterocycles. The van der Waals surface area contributed by atoms with Gasteiger partial charge in [-0.05, 0) is 49.9 Å². The van der Waals surface area contributed by atoms with Crippen LogP contribution in [0.2, 0.25) is 0 Å². The van der Waals surface area contributed by atoms with Crippen LogP contribution in [0.5, 0.6) is 0 Å². The van der Waals surface area contributed by atoms with Gasteiger partial charge >= 0.3 is 5.97 Å². The van der Waals surface area contributed by atoms with Crippen LogP contribution in [0.15, 0.2) is 47.0 Å². The van der Waals surface area contributed by atoms with Gasteiger partial charge in [-0.1, -0.05) is 12.1 Å². The van der Waals surface area contributed by atoms with Crippen LogP contribution >= 0.6 is 11.3 Å². The molecule has 0 spiro atoms. The predicted molar refractivity (Wildman–Crippen MR) is 99.9 cm³/mol. The Balaban J connectivity index is 2.00. The molecule has 0 amide bonds. The molecule has 25 heavy (non-hydrogen) atoms. The van der Waals surface area contributed by atoms with Crippen molar-refractivity contribution >= 4 is 34.3 Å². The van der Waals surface area contributed by atoms with Crippen LogP contribution in [0.4, 0.5) is 5.95 Å². The summed E-state index contributed by atoms with van der Waals surface area (Å²) in [6.07, 6.45) is 0. The standard InChI is InChI=1S/C19H19N3O2S/c1-4-24-18(23)15-12(3)20-19-21-13-7-5-6-8-14(13)22(19)16(15)17-11(2)9-10-25-17/h5-10,16H,4H2,1-3H3,(H,20,21)/t16-/m1/s1. The molecule has 1 aliphatic rings. The number of hydrogen-bond acceptors (Lipinski definition) is 5. The van der Waals surface area contributed by atoms with Gasteiger partial charge in [-0.2, -0.15) is 0 Å². The smallest absolute Gasteiger partial charge is 0.338 e. The summed E-state index contributed by atoms with van der Waals surface area (Å²) in [5.74, 6) is 0.471. The molecule has 0 saturated carbocycles. The molecule has 4 rings (SSSR count). The summed E-state index contributed by atoms with van der Waals surface area (Å²) in [6.45, 7) is 6.16. The summed E-state index contributed by atoms with van der Waals surface area (Å²) in [5, 5.41) is 5.34. The molecule has 0 radical (unpaired) electrons. The summed E-state index contributed by atoms with van der Waals surface area (Å²) in [7, 11) is 0. The van der Waals surface area contributed by atoms with Gasteiger partial charge in [0.2, 0.25) is 5.95 Å². The number of benzene rings is 1. The first-order valence-corrected chi connectivity index (χ1v) is 9.15. The minimum atomic E-state index is -0.284. The minimum Gasteiger partial charge on any atom is -0.463 e. The van der Waals surface area contributed by atoms with E-state index in [1.807, 2.05) is 38.1 Å². The van der Waals surface area contributed by atoms with Crippen LogP contribution in [0.25, 0.3) is 11.0 Å². The number of allylic oxidation sites excluding steroid dienone is 1. The van der Waals surface area contributed by atoms with Gasteiger partial charge in [0, 0.05) is 10.6 Å². The van der Waals surface area contributed by atoms with Crippen molar-refractivity contribution in [1.29, 1.82) is 0 Å². The van der Waals surface area contributed by atoms with Crippen molar-refractivity contribution < 1.29 is 9.53 Å². The molecule has 0 fully saturated rings. The molecular formula is C19H19N3O2S. The second-order valence-electron chi connectivity index (χ2n) is 6.05. The van der Waals surface area contributed by atoms with Crippen LogP contribution in [-0.2, 0) is 9.53 Å². The van der Waals surface area contributed by atoms with E-state index in [1.165, 1.54) is 0 Å². The summed E-state index contributed by atoms with van der Waals surface area (Å²) in [4.78, 5) is 18.6. The van der Waals surface area contributed by atoms with Gasteiger partial charge in [0.05, 0.1) is 23.2 Å². The topological polar surface area (TPSA) is 56.1 Å². The second-order valence-corrected chi connectivity index (χ2v) is 7.00. The lowest BCUT2D eigenvalue weighted by Crippen LogP contribution is -2.28. The third-order valence-corrected chi connectivity index (χ3v) is 5.55. The SMILES string of the molecule is CCOC(=O)C1=C(C)Nc2nc3ccccc3n2[C@H]1c1sccc1C. The first-order chi connectivity index (χ1) is 12.1. The Morgan fingerprint density at radius 3 is 2.84 bits per heavy atom. The molecule has 3 aromatic rings. The van der Waals surface area contributed by atoms with Gasteiger partial charge in [0.15, 0.2) is 0 Å². The Labute approximate surface area is 149 Å². The lowest BCUT2D eigenvalue weighted by Gasteiger charge is -2.29. The zero-order valence-electron chi connectivity index (χ0n) is 14.4. The fourth-order valence-corrected chi connectivity index (χ4v) is 4.37. The van der Waals surface area contributed by atoms with E-state index in [1.54, 1.807) is 11.3 Å². The highest BCUT2D eigenvalue weighted by Gasteiger charge is 2.36. The van der Waals surface area contributed by atoms with Crippen molar-refractivity contribution in [2.24, 2.45) is 0 Å². The number of nitrogens with zero attached hydrogens (tertiary/aromatic N) is 2. The monoisotopic (exact) mass is 353 g/mol. The van der Waals surface area contributed by atoms with E-state index < -0.39 is 0 Å². The lowest BCUT2D eigenvalue weighted by molar-refractivity contribution is -0.139. The number of carbonyl (C=O) groups is 1. The lowest BCUT2D eigenvalue weighted by atomic mass is 9.99. The number of ether oxygens (including phenoxy) is 1. The molecule has 0 bridgehead atoms. The Bertz CT molecular complexity index is 999. The number of esters is 1. The quantitative estimate of drug-likeness (QED) is 0.715. The van der Waals surface area contributed by atoms with Crippen molar-refractivity contribution in [2.45, 2.75) is 26.8 Å². The summed E-state index contributed by atoms with van der Waals surface area (Å²) < 4.78 is 7.46. The number of rotatable bonds is 3. The number of hydrogen-bond donors (Lipinski definition) is 1. The molecule has 0 unspecified atom stereocenters. The maximum atomic E-state index is 12.7. The number of aromatic nitrogens is 2. The van der Waals surface area contributed by atoms with Crippen LogP contribution in [0.3, 0.4) is 0 Å². The molecular weight excluding hydrogens is 334 g/mol. The van der Waals surface area contributed by atoms with E-state index in [2.05, 4.69) is 28.3 Å². The Hall–Kier alpha value is -2.60. The highest BCUT2D eigenvalue weighted by Crippen LogP contribution is 2.42. The zero-order valence-corrected chi connectivity index (χ0v) is 15.2. The van der Waals surface area contributed by atoms with Crippen molar-refractivity contribution in [3.63, 3.8) is 0 Å². The number of para-hydroxylation sites is 2. The van der Waals surface area contributed by atoms with Gasteiger partial charge in [-0.15, -0.1) is 11.3 Å². The molecule has 0 aliphatic carbocycles. The van der Waals surface area contributed by atoms with Crippen molar-refractivity contribution in [2.75, 3.05) is 11.9 Å². The minimum absolute atomic E-state index is 0.234. The molecule has 1 aromatic carbocycles. The van der Waals surface area contributed by atoms with Gasteiger partial charge < -0.3 is 10.1 Å². The molecule has 1 atom stereocenters. The summed E-state index contributed by atoms with van der Waals surface area (Å²) in [6, 6.07) is 9.83. The number of anilines is 1. The number of nitrogens with one attached hydrogen (secondary N) is 1. The average Bonchev–Trinajstić information content (AvgIpc) is 3.16. The Kier molecular flexibility index (Phi) is 3.84. The third-order valence-electron chi connectivity index (χ3n) is 4.48. The van der Waals surface area contributed by atoms with Gasteiger partial charge in [0.1, 0.15) is 6.04 Å². The van der Waals surface area contributed by atoms with Crippen LogP contribution in [0, 0.1) is 6.92 Å². The van der Waals surface area contributed by atoms with Crippen LogP contribution < -0.4 is 5.32 Å².